The van der Waals surface area contributed by atoms with E-state index in [1.54, 1.807) is 6.07 Å². The molecule has 2 nitrogen and oxygen atoms in total. The fourth-order valence-electron chi connectivity index (χ4n) is 3.33. The van der Waals surface area contributed by atoms with Crippen molar-refractivity contribution in [2.24, 2.45) is 5.92 Å². The molecular weight excluding hydrogens is 301 g/mol. The third-order valence-electron chi connectivity index (χ3n) is 4.92. The molecule has 0 atom stereocenters. The molecule has 0 saturated heterocycles. The van der Waals surface area contributed by atoms with Crippen LogP contribution in [0.1, 0.15) is 55.2 Å². The van der Waals surface area contributed by atoms with E-state index < -0.39 is 5.82 Å². The number of halogens is 1. The highest BCUT2D eigenvalue weighted by Gasteiger charge is 2.19. The molecule has 1 aliphatic rings. The molecule has 3 rings (SSSR count). The molecule has 1 saturated carbocycles. The first-order valence-corrected chi connectivity index (χ1v) is 8.57. The predicted octanol–water partition coefficient (Wildman–Crippen LogP) is 5.57. The number of rotatable bonds is 4. The van der Waals surface area contributed by atoms with Gasteiger partial charge in [0.2, 0.25) is 0 Å². The summed E-state index contributed by atoms with van der Waals surface area (Å²) in [6.07, 6.45) is 5.17. The molecule has 1 aliphatic carbocycles. The van der Waals surface area contributed by atoms with Crippen LogP contribution >= 0.6 is 0 Å². The Balaban J connectivity index is 1.59. The van der Waals surface area contributed by atoms with Crippen molar-refractivity contribution < 1.29 is 9.13 Å². The smallest absolute Gasteiger partial charge is 0.166 e. The minimum Gasteiger partial charge on any atom is -0.486 e. The second-order valence-electron chi connectivity index (χ2n) is 6.74. The molecule has 2 aromatic rings. The highest BCUT2D eigenvalue weighted by molar-refractivity contribution is 5.36. The molecule has 0 radical (unpaired) electrons. The summed E-state index contributed by atoms with van der Waals surface area (Å²) in [5.41, 5.74) is 2.72. The number of nitrogens with zero attached hydrogens (tertiary/aromatic N) is 1. The van der Waals surface area contributed by atoms with Crippen LogP contribution in [0, 0.1) is 23.1 Å². The lowest BCUT2D eigenvalue weighted by Gasteiger charge is -2.26. The van der Waals surface area contributed by atoms with Gasteiger partial charge in [0, 0.05) is 0 Å². The fraction of sp³-hybridized carbons (Fsp3) is 0.381. The summed E-state index contributed by atoms with van der Waals surface area (Å²) >= 11 is 0. The first-order chi connectivity index (χ1) is 11.7. The number of hydrogen-bond acceptors (Lipinski definition) is 2. The maximum atomic E-state index is 13.8. The lowest BCUT2D eigenvalue weighted by Crippen LogP contribution is -2.10. The van der Waals surface area contributed by atoms with Crippen LogP contribution in [0.4, 0.5) is 4.39 Å². The van der Waals surface area contributed by atoms with Gasteiger partial charge in [-0.2, -0.15) is 5.26 Å². The van der Waals surface area contributed by atoms with Crippen molar-refractivity contribution >= 4 is 0 Å². The van der Waals surface area contributed by atoms with Gasteiger partial charge in [-0.1, -0.05) is 44.0 Å². The van der Waals surface area contributed by atoms with Gasteiger partial charge in [-0.15, -0.1) is 0 Å². The second kappa shape index (κ2) is 7.49. The summed E-state index contributed by atoms with van der Waals surface area (Å²) in [6.45, 7) is 2.66. The van der Waals surface area contributed by atoms with Gasteiger partial charge in [-0.3, -0.25) is 0 Å². The molecule has 0 aromatic heterocycles. The van der Waals surface area contributed by atoms with E-state index in [9.17, 15) is 4.39 Å². The molecule has 0 unspecified atom stereocenters. The molecule has 0 spiro atoms. The fourth-order valence-corrected chi connectivity index (χ4v) is 3.33. The van der Waals surface area contributed by atoms with Gasteiger partial charge in [0.05, 0.1) is 11.6 Å². The second-order valence-corrected chi connectivity index (χ2v) is 6.74. The molecule has 0 heterocycles. The van der Waals surface area contributed by atoms with Gasteiger partial charge in [-0.25, -0.2) is 4.39 Å². The van der Waals surface area contributed by atoms with Crippen molar-refractivity contribution in [3.8, 4) is 11.8 Å². The molecule has 0 N–H and O–H groups in total. The highest BCUT2D eigenvalue weighted by atomic mass is 19.1. The monoisotopic (exact) mass is 323 g/mol. The van der Waals surface area contributed by atoms with Crippen molar-refractivity contribution in [1.82, 2.24) is 0 Å². The Labute approximate surface area is 142 Å². The van der Waals surface area contributed by atoms with Crippen LogP contribution in [0.5, 0.6) is 5.75 Å². The van der Waals surface area contributed by atoms with E-state index in [0.717, 1.165) is 11.5 Å². The van der Waals surface area contributed by atoms with Gasteiger partial charge < -0.3 is 4.74 Å². The van der Waals surface area contributed by atoms with Gasteiger partial charge in [0.1, 0.15) is 6.61 Å². The zero-order valence-electron chi connectivity index (χ0n) is 14.0. The normalized spacial score (nSPS) is 20.4. The summed E-state index contributed by atoms with van der Waals surface area (Å²) in [4.78, 5) is 0. The Morgan fingerprint density at radius 2 is 1.79 bits per heavy atom. The first kappa shape index (κ1) is 16.5. The number of nitriles is 1. The van der Waals surface area contributed by atoms with E-state index in [0.29, 0.717) is 18.1 Å². The van der Waals surface area contributed by atoms with E-state index in [-0.39, 0.29) is 5.75 Å². The summed E-state index contributed by atoms with van der Waals surface area (Å²) < 4.78 is 19.3. The van der Waals surface area contributed by atoms with Crippen molar-refractivity contribution in [2.75, 3.05) is 0 Å². The van der Waals surface area contributed by atoms with Crippen LogP contribution < -0.4 is 4.74 Å². The Bertz CT molecular complexity index is 724. The minimum absolute atomic E-state index is 0.180. The summed E-state index contributed by atoms with van der Waals surface area (Å²) in [6, 6.07) is 14.7. The summed E-state index contributed by atoms with van der Waals surface area (Å²) in [5.74, 6) is 1.21. The standard InChI is InChI=1S/C21H22FNO/c1-15-2-7-18(8-3-15)19-9-4-16(5-10-19)14-24-21-11-6-17(13-23)12-20(21)22/h4-6,9-12,15,18H,2-3,7-8,14H2,1H3. The quantitative estimate of drug-likeness (QED) is 0.737. The van der Waals surface area contributed by atoms with Crippen LogP contribution in [-0.2, 0) is 6.61 Å². The number of hydrogen-bond donors (Lipinski definition) is 0. The molecule has 2 aromatic carbocycles. The van der Waals surface area contributed by atoms with Gasteiger partial charge in [-0.05, 0) is 54.0 Å². The van der Waals surface area contributed by atoms with Crippen LogP contribution in [-0.4, -0.2) is 0 Å². The van der Waals surface area contributed by atoms with Crippen molar-refractivity contribution in [3.63, 3.8) is 0 Å². The largest absolute Gasteiger partial charge is 0.486 e. The lowest BCUT2D eigenvalue weighted by atomic mass is 9.79. The SMILES string of the molecule is CC1CCC(c2ccc(COc3ccc(C#N)cc3F)cc2)CC1. The average molecular weight is 323 g/mol. The summed E-state index contributed by atoms with van der Waals surface area (Å²) in [7, 11) is 0. The van der Waals surface area contributed by atoms with E-state index in [2.05, 4.69) is 31.2 Å². The number of ether oxygens (including phenoxy) is 1. The lowest BCUT2D eigenvalue weighted by molar-refractivity contribution is 0.290. The Morgan fingerprint density at radius 1 is 1.08 bits per heavy atom. The first-order valence-electron chi connectivity index (χ1n) is 8.57. The van der Waals surface area contributed by atoms with Crippen molar-refractivity contribution in [2.45, 2.75) is 45.1 Å². The third kappa shape index (κ3) is 3.94. The third-order valence-corrected chi connectivity index (χ3v) is 4.92. The minimum atomic E-state index is -0.498. The van der Waals surface area contributed by atoms with Crippen LogP contribution in [0.25, 0.3) is 0 Å². The number of benzene rings is 2. The highest BCUT2D eigenvalue weighted by Crippen LogP contribution is 2.35. The van der Waals surface area contributed by atoms with E-state index in [1.807, 2.05) is 6.07 Å². The topological polar surface area (TPSA) is 33.0 Å². The van der Waals surface area contributed by atoms with Crippen LogP contribution in [0.15, 0.2) is 42.5 Å². The average Bonchev–Trinajstić information content (AvgIpc) is 2.62. The molecule has 0 bridgehead atoms. The van der Waals surface area contributed by atoms with Gasteiger partial charge in [0.25, 0.3) is 0 Å². The molecule has 0 aliphatic heterocycles. The Kier molecular flexibility index (Phi) is 5.15. The van der Waals surface area contributed by atoms with Gasteiger partial charge >= 0.3 is 0 Å². The molecule has 124 valence electrons. The molecular formula is C21H22FNO. The zero-order valence-corrected chi connectivity index (χ0v) is 14.0. The van der Waals surface area contributed by atoms with E-state index in [4.69, 9.17) is 10.00 Å². The van der Waals surface area contributed by atoms with E-state index in [1.165, 1.54) is 43.4 Å². The Morgan fingerprint density at radius 3 is 2.42 bits per heavy atom. The molecule has 0 amide bonds. The van der Waals surface area contributed by atoms with Crippen LogP contribution in [0.2, 0.25) is 0 Å². The summed E-state index contributed by atoms with van der Waals surface area (Å²) in [5, 5.41) is 8.75. The van der Waals surface area contributed by atoms with Gasteiger partial charge in [0.15, 0.2) is 11.6 Å². The zero-order chi connectivity index (χ0) is 16.9. The predicted molar refractivity (Wildman–Crippen MR) is 92.3 cm³/mol. The Hall–Kier alpha value is -2.34. The van der Waals surface area contributed by atoms with Crippen molar-refractivity contribution in [1.29, 1.82) is 5.26 Å². The molecule has 1 fully saturated rings. The maximum Gasteiger partial charge on any atom is 0.166 e. The molecule has 24 heavy (non-hydrogen) atoms. The van der Waals surface area contributed by atoms with E-state index >= 15 is 0 Å². The molecule has 3 heteroatoms. The van der Waals surface area contributed by atoms with Crippen molar-refractivity contribution in [3.05, 3.63) is 65.0 Å². The maximum absolute atomic E-state index is 13.8. The van der Waals surface area contributed by atoms with Crippen LogP contribution in [0.3, 0.4) is 0 Å².